The van der Waals surface area contributed by atoms with Crippen molar-refractivity contribution >= 4 is 34.1 Å². The highest BCUT2D eigenvalue weighted by Crippen LogP contribution is 2.27. The number of anilines is 1. The van der Waals surface area contributed by atoms with Crippen LogP contribution in [-0.4, -0.2) is 27.9 Å². The predicted molar refractivity (Wildman–Crippen MR) is 102 cm³/mol. The molecule has 0 bridgehead atoms. The van der Waals surface area contributed by atoms with Crippen LogP contribution in [0.1, 0.15) is 11.3 Å². The first-order chi connectivity index (χ1) is 12.2. The zero-order valence-electron chi connectivity index (χ0n) is 14.4. The van der Waals surface area contributed by atoms with E-state index in [1.807, 2.05) is 49.7 Å². The predicted octanol–water partition coefficient (Wildman–Crippen LogP) is 3.82. The number of aryl methyl sites for hydroxylation is 1. The summed E-state index contributed by atoms with van der Waals surface area (Å²) in [5.41, 5.74) is 8.20. The molecule has 0 aliphatic heterocycles. The summed E-state index contributed by atoms with van der Waals surface area (Å²) in [4.78, 5) is 7.65. The van der Waals surface area contributed by atoms with Crippen molar-refractivity contribution in [2.24, 2.45) is 12.1 Å². The molecule has 0 atom stereocenters. The SMILES string of the molecule is COc1ccc2c(c1)c(/C=N\Nc1nc3ccccc3[nH]1)c(C)n2C. The Morgan fingerprint density at radius 3 is 2.88 bits per heavy atom. The molecular weight excluding hydrogens is 314 g/mol. The van der Waals surface area contributed by atoms with Gasteiger partial charge in [0.2, 0.25) is 5.95 Å². The van der Waals surface area contributed by atoms with Gasteiger partial charge in [-0.05, 0) is 37.3 Å². The molecular formula is C19H19N5O. The molecule has 0 spiro atoms. The molecule has 0 fully saturated rings. The Hall–Kier alpha value is -3.28. The topological polar surface area (TPSA) is 67.2 Å². The molecule has 0 saturated heterocycles. The van der Waals surface area contributed by atoms with Crippen LogP contribution < -0.4 is 10.2 Å². The van der Waals surface area contributed by atoms with Crippen molar-refractivity contribution in [1.29, 1.82) is 0 Å². The van der Waals surface area contributed by atoms with Gasteiger partial charge in [-0.15, -0.1) is 0 Å². The van der Waals surface area contributed by atoms with Crippen LogP contribution in [0.3, 0.4) is 0 Å². The molecule has 0 unspecified atom stereocenters. The largest absolute Gasteiger partial charge is 0.497 e. The maximum absolute atomic E-state index is 5.35. The van der Waals surface area contributed by atoms with Gasteiger partial charge in [-0.3, -0.25) is 0 Å². The minimum atomic E-state index is 0.618. The molecule has 2 N–H and O–H groups in total. The van der Waals surface area contributed by atoms with E-state index < -0.39 is 0 Å². The zero-order chi connectivity index (χ0) is 17.4. The smallest absolute Gasteiger partial charge is 0.222 e. The molecule has 2 aromatic heterocycles. The van der Waals surface area contributed by atoms with Crippen LogP contribution in [0.15, 0.2) is 47.6 Å². The number of fused-ring (bicyclic) bond motifs is 2. The van der Waals surface area contributed by atoms with Crippen molar-refractivity contribution in [2.75, 3.05) is 12.5 Å². The first-order valence-corrected chi connectivity index (χ1v) is 8.04. The fourth-order valence-electron chi connectivity index (χ4n) is 3.03. The number of hydrazone groups is 1. The third-order valence-electron chi connectivity index (χ3n) is 4.50. The van der Waals surface area contributed by atoms with Crippen molar-refractivity contribution in [1.82, 2.24) is 14.5 Å². The molecule has 4 aromatic rings. The van der Waals surface area contributed by atoms with E-state index in [-0.39, 0.29) is 0 Å². The highest BCUT2D eigenvalue weighted by molar-refractivity contribution is 6.01. The van der Waals surface area contributed by atoms with Crippen molar-refractivity contribution in [3.05, 3.63) is 53.7 Å². The average Bonchev–Trinajstić information content (AvgIpc) is 3.15. The van der Waals surface area contributed by atoms with Gasteiger partial charge in [-0.2, -0.15) is 5.10 Å². The number of nitrogens with zero attached hydrogens (tertiary/aromatic N) is 3. The summed E-state index contributed by atoms with van der Waals surface area (Å²) in [5, 5.41) is 5.47. The summed E-state index contributed by atoms with van der Waals surface area (Å²) >= 11 is 0. The van der Waals surface area contributed by atoms with E-state index in [0.29, 0.717) is 5.95 Å². The standard InChI is InChI=1S/C19H19N5O/c1-12-15(14-10-13(25-3)8-9-18(14)24(12)2)11-20-23-19-21-16-6-4-5-7-17(16)22-19/h4-11H,1-3H3,(H2,21,22,23)/b20-11-. The number of imidazole rings is 1. The second-order valence-corrected chi connectivity index (χ2v) is 5.91. The molecule has 0 aliphatic rings. The van der Waals surface area contributed by atoms with Crippen molar-refractivity contribution in [3.63, 3.8) is 0 Å². The van der Waals surface area contributed by atoms with E-state index in [1.54, 1.807) is 7.11 Å². The maximum Gasteiger partial charge on any atom is 0.222 e. The number of methoxy groups -OCH3 is 1. The Balaban J connectivity index is 1.67. The summed E-state index contributed by atoms with van der Waals surface area (Å²) in [7, 11) is 3.72. The number of hydrogen-bond acceptors (Lipinski definition) is 4. The van der Waals surface area contributed by atoms with Gasteiger partial charge in [-0.1, -0.05) is 12.1 Å². The second-order valence-electron chi connectivity index (χ2n) is 5.91. The minimum absolute atomic E-state index is 0.618. The van der Waals surface area contributed by atoms with Crippen molar-refractivity contribution < 1.29 is 4.74 Å². The van der Waals surface area contributed by atoms with Crippen LogP contribution in [0.2, 0.25) is 0 Å². The summed E-state index contributed by atoms with van der Waals surface area (Å²) in [5.74, 6) is 1.45. The zero-order valence-corrected chi connectivity index (χ0v) is 14.4. The molecule has 0 amide bonds. The van der Waals surface area contributed by atoms with Crippen molar-refractivity contribution in [3.8, 4) is 5.75 Å². The number of para-hydroxylation sites is 2. The van der Waals surface area contributed by atoms with Gasteiger partial charge in [-0.25, -0.2) is 10.4 Å². The van der Waals surface area contributed by atoms with Crippen LogP contribution in [0.5, 0.6) is 5.75 Å². The Labute approximate surface area is 145 Å². The van der Waals surface area contributed by atoms with Gasteiger partial charge in [0.1, 0.15) is 5.75 Å². The lowest BCUT2D eigenvalue weighted by Gasteiger charge is -2.00. The number of H-pyrrole nitrogens is 1. The molecule has 25 heavy (non-hydrogen) atoms. The van der Waals surface area contributed by atoms with Gasteiger partial charge in [0.05, 0.1) is 24.4 Å². The van der Waals surface area contributed by atoms with Crippen LogP contribution in [0, 0.1) is 6.92 Å². The highest BCUT2D eigenvalue weighted by atomic mass is 16.5. The van der Waals surface area contributed by atoms with E-state index in [9.17, 15) is 0 Å². The molecule has 4 rings (SSSR count). The van der Waals surface area contributed by atoms with E-state index in [2.05, 4.69) is 38.1 Å². The Bertz CT molecular complexity index is 1060. The molecule has 0 radical (unpaired) electrons. The lowest BCUT2D eigenvalue weighted by molar-refractivity contribution is 0.415. The fraction of sp³-hybridized carbons (Fsp3) is 0.158. The monoisotopic (exact) mass is 333 g/mol. The first kappa shape index (κ1) is 15.3. The molecule has 6 nitrogen and oxygen atoms in total. The normalized spacial score (nSPS) is 11.6. The van der Waals surface area contributed by atoms with E-state index >= 15 is 0 Å². The Morgan fingerprint density at radius 1 is 1.24 bits per heavy atom. The van der Waals surface area contributed by atoms with Gasteiger partial charge in [0.25, 0.3) is 0 Å². The van der Waals surface area contributed by atoms with Crippen LogP contribution >= 0.6 is 0 Å². The third-order valence-corrected chi connectivity index (χ3v) is 4.50. The maximum atomic E-state index is 5.35. The fourth-order valence-corrected chi connectivity index (χ4v) is 3.03. The molecule has 126 valence electrons. The molecule has 0 saturated carbocycles. The van der Waals surface area contributed by atoms with E-state index in [4.69, 9.17) is 4.74 Å². The van der Waals surface area contributed by atoms with Gasteiger partial charge in [0, 0.05) is 29.2 Å². The number of rotatable bonds is 4. The lowest BCUT2D eigenvalue weighted by Crippen LogP contribution is -1.95. The van der Waals surface area contributed by atoms with Crippen molar-refractivity contribution in [2.45, 2.75) is 6.92 Å². The van der Waals surface area contributed by atoms with E-state index in [1.165, 1.54) is 0 Å². The molecule has 6 heteroatoms. The summed E-state index contributed by atoms with van der Waals surface area (Å²) in [6, 6.07) is 13.9. The number of benzene rings is 2. The average molecular weight is 333 g/mol. The van der Waals surface area contributed by atoms with Gasteiger partial charge in [0.15, 0.2) is 0 Å². The molecule has 2 heterocycles. The Kier molecular flexibility index (Phi) is 3.65. The quantitative estimate of drug-likeness (QED) is 0.441. The molecule has 2 aromatic carbocycles. The van der Waals surface area contributed by atoms with E-state index in [0.717, 1.165) is 38.9 Å². The minimum Gasteiger partial charge on any atom is -0.497 e. The van der Waals surface area contributed by atoms with Crippen LogP contribution in [0.4, 0.5) is 5.95 Å². The van der Waals surface area contributed by atoms with Crippen LogP contribution in [-0.2, 0) is 7.05 Å². The number of hydrogen-bond donors (Lipinski definition) is 2. The number of nitrogens with one attached hydrogen (secondary N) is 2. The van der Waals surface area contributed by atoms with Crippen LogP contribution in [0.25, 0.3) is 21.9 Å². The number of aromatic amines is 1. The van der Waals surface area contributed by atoms with Gasteiger partial charge >= 0.3 is 0 Å². The first-order valence-electron chi connectivity index (χ1n) is 8.04. The summed E-state index contributed by atoms with van der Waals surface area (Å²) in [6.45, 7) is 2.08. The Morgan fingerprint density at radius 2 is 2.08 bits per heavy atom. The number of ether oxygens (including phenoxy) is 1. The third kappa shape index (κ3) is 2.61. The lowest BCUT2D eigenvalue weighted by atomic mass is 10.1. The summed E-state index contributed by atoms with van der Waals surface area (Å²) < 4.78 is 7.50. The van der Waals surface area contributed by atoms with Gasteiger partial charge < -0.3 is 14.3 Å². The summed E-state index contributed by atoms with van der Waals surface area (Å²) in [6.07, 6.45) is 1.82. The number of aromatic nitrogens is 3. The second kappa shape index (κ2) is 5.98. The highest BCUT2D eigenvalue weighted by Gasteiger charge is 2.11. The molecule has 0 aliphatic carbocycles.